The Morgan fingerprint density at radius 1 is 1.41 bits per heavy atom. The zero-order chi connectivity index (χ0) is 12.3. The van der Waals surface area contributed by atoms with E-state index in [1.54, 1.807) is 12.4 Å². The summed E-state index contributed by atoms with van der Waals surface area (Å²) in [6, 6.07) is -0.507. The van der Waals surface area contributed by atoms with Crippen molar-refractivity contribution in [1.82, 2.24) is 14.9 Å². The number of nitrogens with zero attached hydrogens (tertiary/aromatic N) is 3. The smallest absolute Gasteiger partial charge is 0.241 e. The summed E-state index contributed by atoms with van der Waals surface area (Å²) in [6.07, 6.45) is 3.26. The Kier molecular flexibility index (Phi) is 3.65. The molecule has 1 amide bonds. The number of primary amides is 1. The van der Waals surface area contributed by atoms with E-state index in [9.17, 15) is 4.79 Å². The number of aromatic nitrogens is 2. The van der Waals surface area contributed by atoms with Gasteiger partial charge in [-0.15, -0.1) is 0 Å². The molecule has 2 N–H and O–H groups in total. The van der Waals surface area contributed by atoms with Gasteiger partial charge in [-0.3, -0.25) is 19.7 Å². The fourth-order valence-electron chi connectivity index (χ4n) is 1.89. The van der Waals surface area contributed by atoms with Crippen LogP contribution in [0.15, 0.2) is 12.4 Å². The summed E-state index contributed by atoms with van der Waals surface area (Å²) < 4.78 is 5.25. The van der Waals surface area contributed by atoms with Crippen LogP contribution in [0.1, 0.15) is 17.4 Å². The quantitative estimate of drug-likeness (QED) is 0.775. The second-order valence-corrected chi connectivity index (χ2v) is 4.04. The summed E-state index contributed by atoms with van der Waals surface area (Å²) >= 11 is 0. The van der Waals surface area contributed by atoms with E-state index in [0.29, 0.717) is 32.0 Å². The number of aryl methyl sites for hydroxylation is 1. The molecule has 6 heteroatoms. The van der Waals surface area contributed by atoms with Gasteiger partial charge in [0.1, 0.15) is 6.04 Å². The molecule has 0 bridgehead atoms. The lowest BCUT2D eigenvalue weighted by molar-refractivity contribution is -0.125. The molecule has 92 valence electrons. The number of carbonyl (C=O) groups excluding carboxylic acids is 1. The molecule has 1 aliphatic heterocycles. The molecule has 1 saturated heterocycles. The minimum atomic E-state index is -0.507. The van der Waals surface area contributed by atoms with Gasteiger partial charge in [0.15, 0.2) is 0 Å². The highest BCUT2D eigenvalue weighted by molar-refractivity contribution is 5.80. The normalized spacial score (nSPS) is 18.9. The van der Waals surface area contributed by atoms with Gasteiger partial charge in [-0.2, -0.15) is 0 Å². The summed E-state index contributed by atoms with van der Waals surface area (Å²) in [6.45, 7) is 4.45. The first kappa shape index (κ1) is 11.9. The predicted molar refractivity (Wildman–Crippen MR) is 61.1 cm³/mol. The number of carbonyl (C=O) groups is 1. The third-order valence-electron chi connectivity index (χ3n) is 2.76. The molecule has 1 aliphatic rings. The van der Waals surface area contributed by atoms with E-state index in [4.69, 9.17) is 10.5 Å². The number of hydrogen-bond donors (Lipinski definition) is 1. The Bertz CT molecular complexity index is 387. The SMILES string of the molecule is Cc1cnc(C(C(N)=O)N2CCOCC2)cn1. The fraction of sp³-hybridized carbons (Fsp3) is 0.545. The van der Waals surface area contributed by atoms with Gasteiger partial charge < -0.3 is 10.5 Å². The van der Waals surface area contributed by atoms with Crippen LogP contribution >= 0.6 is 0 Å². The molecule has 2 rings (SSSR count). The van der Waals surface area contributed by atoms with E-state index in [-0.39, 0.29) is 0 Å². The van der Waals surface area contributed by atoms with Crippen molar-refractivity contribution in [2.75, 3.05) is 26.3 Å². The molecule has 2 heterocycles. The summed E-state index contributed by atoms with van der Waals surface area (Å²) in [5.74, 6) is -0.398. The fourth-order valence-corrected chi connectivity index (χ4v) is 1.89. The van der Waals surface area contributed by atoms with Gasteiger partial charge in [0.25, 0.3) is 0 Å². The highest BCUT2D eigenvalue weighted by Crippen LogP contribution is 2.18. The van der Waals surface area contributed by atoms with Crippen molar-refractivity contribution in [3.63, 3.8) is 0 Å². The number of rotatable bonds is 3. The highest BCUT2D eigenvalue weighted by Gasteiger charge is 2.28. The highest BCUT2D eigenvalue weighted by atomic mass is 16.5. The molecule has 0 aliphatic carbocycles. The first-order chi connectivity index (χ1) is 8.18. The topological polar surface area (TPSA) is 81.3 Å². The van der Waals surface area contributed by atoms with Crippen LogP contribution in [-0.2, 0) is 9.53 Å². The second kappa shape index (κ2) is 5.20. The van der Waals surface area contributed by atoms with Crippen LogP contribution in [0.3, 0.4) is 0 Å². The van der Waals surface area contributed by atoms with Crippen molar-refractivity contribution in [2.24, 2.45) is 5.73 Å². The molecular formula is C11H16N4O2. The molecule has 6 nitrogen and oxygen atoms in total. The van der Waals surface area contributed by atoms with Gasteiger partial charge >= 0.3 is 0 Å². The molecular weight excluding hydrogens is 220 g/mol. The molecule has 1 aromatic heterocycles. The van der Waals surface area contributed by atoms with Gasteiger partial charge in [0.2, 0.25) is 5.91 Å². The van der Waals surface area contributed by atoms with Gasteiger partial charge in [-0.05, 0) is 6.92 Å². The Balaban J connectivity index is 2.21. The lowest BCUT2D eigenvalue weighted by Crippen LogP contribution is -2.44. The number of ether oxygens (including phenoxy) is 1. The van der Waals surface area contributed by atoms with Gasteiger partial charge in [-0.1, -0.05) is 0 Å². The van der Waals surface area contributed by atoms with Crippen LogP contribution in [0.5, 0.6) is 0 Å². The van der Waals surface area contributed by atoms with Crippen molar-refractivity contribution < 1.29 is 9.53 Å². The maximum absolute atomic E-state index is 11.6. The minimum Gasteiger partial charge on any atom is -0.379 e. The van der Waals surface area contributed by atoms with Crippen molar-refractivity contribution in [2.45, 2.75) is 13.0 Å². The monoisotopic (exact) mass is 236 g/mol. The third kappa shape index (κ3) is 2.78. The van der Waals surface area contributed by atoms with E-state index in [1.807, 2.05) is 11.8 Å². The summed E-state index contributed by atoms with van der Waals surface area (Å²) in [5, 5.41) is 0. The van der Waals surface area contributed by atoms with Crippen LogP contribution in [0.2, 0.25) is 0 Å². The summed E-state index contributed by atoms with van der Waals surface area (Å²) in [7, 11) is 0. The van der Waals surface area contributed by atoms with Gasteiger partial charge in [0, 0.05) is 19.3 Å². The number of morpholine rings is 1. The first-order valence-corrected chi connectivity index (χ1v) is 5.58. The molecule has 1 fully saturated rings. The van der Waals surface area contributed by atoms with E-state index in [0.717, 1.165) is 5.69 Å². The lowest BCUT2D eigenvalue weighted by Gasteiger charge is -2.31. The standard InChI is InChI=1S/C11H16N4O2/c1-8-6-14-9(7-13-8)10(11(12)16)15-2-4-17-5-3-15/h6-7,10H,2-5H2,1H3,(H2,12,16). The molecule has 17 heavy (non-hydrogen) atoms. The molecule has 1 atom stereocenters. The molecule has 0 radical (unpaired) electrons. The third-order valence-corrected chi connectivity index (χ3v) is 2.76. The molecule has 1 aromatic rings. The van der Waals surface area contributed by atoms with E-state index in [1.165, 1.54) is 0 Å². The minimum absolute atomic E-state index is 0.398. The average molecular weight is 236 g/mol. The Hall–Kier alpha value is -1.53. The Morgan fingerprint density at radius 3 is 2.65 bits per heavy atom. The lowest BCUT2D eigenvalue weighted by atomic mass is 10.1. The van der Waals surface area contributed by atoms with Crippen LogP contribution < -0.4 is 5.73 Å². The first-order valence-electron chi connectivity index (χ1n) is 5.58. The van der Waals surface area contributed by atoms with Crippen LogP contribution in [0.25, 0.3) is 0 Å². The van der Waals surface area contributed by atoms with E-state index >= 15 is 0 Å². The number of nitrogens with two attached hydrogens (primary N) is 1. The largest absolute Gasteiger partial charge is 0.379 e. The Labute approximate surface area is 99.8 Å². The maximum atomic E-state index is 11.6. The summed E-state index contributed by atoms with van der Waals surface area (Å²) in [4.78, 5) is 21.9. The predicted octanol–water partition coefficient (Wildman–Crippen LogP) is -0.356. The zero-order valence-electron chi connectivity index (χ0n) is 9.80. The zero-order valence-corrected chi connectivity index (χ0v) is 9.80. The van der Waals surface area contributed by atoms with E-state index in [2.05, 4.69) is 9.97 Å². The van der Waals surface area contributed by atoms with Crippen LogP contribution in [0, 0.1) is 6.92 Å². The average Bonchev–Trinajstić information content (AvgIpc) is 2.33. The van der Waals surface area contributed by atoms with Crippen molar-refractivity contribution in [3.05, 3.63) is 23.8 Å². The molecule has 1 unspecified atom stereocenters. The number of amides is 1. The van der Waals surface area contributed by atoms with Crippen molar-refractivity contribution in [1.29, 1.82) is 0 Å². The molecule has 0 aromatic carbocycles. The van der Waals surface area contributed by atoms with Crippen molar-refractivity contribution >= 4 is 5.91 Å². The summed E-state index contributed by atoms with van der Waals surface area (Å²) in [5.41, 5.74) is 6.87. The molecule has 0 saturated carbocycles. The second-order valence-electron chi connectivity index (χ2n) is 4.04. The van der Waals surface area contributed by atoms with E-state index < -0.39 is 11.9 Å². The number of hydrogen-bond acceptors (Lipinski definition) is 5. The van der Waals surface area contributed by atoms with Crippen LogP contribution in [-0.4, -0.2) is 47.1 Å². The van der Waals surface area contributed by atoms with Gasteiger partial charge in [-0.25, -0.2) is 0 Å². The maximum Gasteiger partial charge on any atom is 0.241 e. The molecule has 0 spiro atoms. The Morgan fingerprint density at radius 2 is 2.12 bits per heavy atom. The van der Waals surface area contributed by atoms with Gasteiger partial charge in [0.05, 0.1) is 30.8 Å². The van der Waals surface area contributed by atoms with Crippen LogP contribution in [0.4, 0.5) is 0 Å². The van der Waals surface area contributed by atoms with Crippen molar-refractivity contribution in [3.8, 4) is 0 Å².